The van der Waals surface area contributed by atoms with Crippen LogP contribution in [0.2, 0.25) is 5.02 Å². The first-order chi connectivity index (χ1) is 9.58. The number of rotatable bonds is 3. The number of carboxylic acids is 1. The average Bonchev–Trinajstić information content (AvgIpc) is 3.10. The third-order valence-corrected chi connectivity index (χ3v) is 5.22. The number of carboxylic acid groups (broad SMARTS) is 1. The predicted molar refractivity (Wildman–Crippen MR) is 79.8 cm³/mol. The summed E-state index contributed by atoms with van der Waals surface area (Å²) in [5.74, 6) is -0.618. The van der Waals surface area contributed by atoms with Crippen LogP contribution in [0, 0.1) is 6.92 Å². The molecule has 3 rings (SSSR count). The van der Waals surface area contributed by atoms with E-state index in [9.17, 15) is 9.90 Å². The Labute approximate surface area is 127 Å². The number of hydrogen-bond acceptors (Lipinski definition) is 5. The SMILES string of the molecule is Cc1csc(-c2oc(-c3cccs3)nc2C(=O)O)c1Cl. The average molecular weight is 326 g/mol. The smallest absolute Gasteiger partial charge is 0.358 e. The molecule has 0 aliphatic heterocycles. The van der Waals surface area contributed by atoms with Crippen molar-refractivity contribution >= 4 is 40.2 Å². The molecule has 0 bridgehead atoms. The fraction of sp³-hybridized carbons (Fsp3) is 0.0769. The number of aryl methyl sites for hydroxylation is 1. The van der Waals surface area contributed by atoms with Gasteiger partial charge < -0.3 is 9.52 Å². The summed E-state index contributed by atoms with van der Waals surface area (Å²) < 4.78 is 5.65. The highest BCUT2D eigenvalue weighted by Crippen LogP contribution is 2.40. The van der Waals surface area contributed by atoms with E-state index in [1.807, 2.05) is 29.8 Å². The highest BCUT2D eigenvalue weighted by atomic mass is 35.5. The van der Waals surface area contributed by atoms with Gasteiger partial charge in [-0.2, -0.15) is 0 Å². The van der Waals surface area contributed by atoms with E-state index in [1.165, 1.54) is 22.7 Å². The van der Waals surface area contributed by atoms with Gasteiger partial charge in [0.25, 0.3) is 0 Å². The zero-order valence-electron chi connectivity index (χ0n) is 10.2. The van der Waals surface area contributed by atoms with Crippen LogP contribution in [0.1, 0.15) is 16.1 Å². The van der Waals surface area contributed by atoms with Crippen LogP contribution in [0.3, 0.4) is 0 Å². The Bertz CT molecular complexity index is 774. The summed E-state index contributed by atoms with van der Waals surface area (Å²) in [5.41, 5.74) is 0.772. The Morgan fingerprint density at radius 1 is 1.45 bits per heavy atom. The highest BCUT2D eigenvalue weighted by Gasteiger charge is 2.25. The number of hydrogen-bond donors (Lipinski definition) is 1. The lowest BCUT2D eigenvalue weighted by atomic mass is 10.2. The van der Waals surface area contributed by atoms with Crippen LogP contribution in [0.4, 0.5) is 0 Å². The fourth-order valence-electron chi connectivity index (χ4n) is 1.71. The highest BCUT2D eigenvalue weighted by molar-refractivity contribution is 7.14. The molecule has 0 aliphatic rings. The molecule has 3 aromatic rings. The number of thiophene rings is 2. The molecule has 0 fully saturated rings. The van der Waals surface area contributed by atoms with E-state index in [-0.39, 0.29) is 11.5 Å². The molecule has 4 nitrogen and oxygen atoms in total. The molecule has 0 spiro atoms. The van der Waals surface area contributed by atoms with Crippen LogP contribution >= 0.6 is 34.3 Å². The second-order valence-corrected chi connectivity index (χ2v) is 6.25. The van der Waals surface area contributed by atoms with E-state index >= 15 is 0 Å². The largest absolute Gasteiger partial charge is 0.476 e. The molecule has 0 aromatic carbocycles. The summed E-state index contributed by atoms with van der Waals surface area (Å²) >= 11 is 8.97. The molecule has 3 aromatic heterocycles. The minimum atomic E-state index is -1.13. The van der Waals surface area contributed by atoms with Gasteiger partial charge in [0.05, 0.1) is 14.8 Å². The predicted octanol–water partition coefficient (Wildman–Crippen LogP) is 4.79. The van der Waals surface area contributed by atoms with Crippen LogP contribution < -0.4 is 0 Å². The molecule has 20 heavy (non-hydrogen) atoms. The zero-order chi connectivity index (χ0) is 14.3. The van der Waals surface area contributed by atoms with Crippen LogP contribution in [0.25, 0.3) is 21.4 Å². The first-order valence-electron chi connectivity index (χ1n) is 5.60. The Balaban J connectivity index is 2.19. The minimum absolute atomic E-state index is 0.114. The van der Waals surface area contributed by atoms with Gasteiger partial charge in [-0.25, -0.2) is 9.78 Å². The zero-order valence-corrected chi connectivity index (χ0v) is 12.6. The van der Waals surface area contributed by atoms with Gasteiger partial charge >= 0.3 is 5.97 Å². The second kappa shape index (κ2) is 5.05. The van der Waals surface area contributed by atoms with Crippen LogP contribution in [-0.2, 0) is 0 Å². The van der Waals surface area contributed by atoms with Gasteiger partial charge in [-0.3, -0.25) is 0 Å². The van der Waals surface area contributed by atoms with Crippen molar-refractivity contribution in [3.8, 4) is 21.4 Å². The summed E-state index contributed by atoms with van der Waals surface area (Å²) in [6.45, 7) is 1.86. The van der Waals surface area contributed by atoms with Gasteiger partial charge in [-0.15, -0.1) is 22.7 Å². The molecule has 0 unspecified atom stereocenters. The van der Waals surface area contributed by atoms with E-state index in [2.05, 4.69) is 4.98 Å². The van der Waals surface area contributed by atoms with Crippen molar-refractivity contribution < 1.29 is 14.3 Å². The van der Waals surface area contributed by atoms with Crippen molar-refractivity contribution in [2.45, 2.75) is 6.92 Å². The first kappa shape index (κ1) is 13.4. The van der Waals surface area contributed by atoms with Gasteiger partial charge in [0.15, 0.2) is 11.5 Å². The molecule has 0 saturated carbocycles. The maximum absolute atomic E-state index is 11.3. The van der Waals surface area contributed by atoms with Gasteiger partial charge in [-0.1, -0.05) is 17.7 Å². The lowest BCUT2D eigenvalue weighted by molar-refractivity contribution is 0.0691. The van der Waals surface area contributed by atoms with Gasteiger partial charge in [0.2, 0.25) is 5.89 Å². The standard InChI is InChI=1S/C13H8ClNO3S2/c1-6-5-20-11(8(6)14)10-9(13(16)17)15-12(18-10)7-3-2-4-19-7/h2-5H,1H3,(H,16,17). The Kier molecular flexibility index (Phi) is 3.37. The topological polar surface area (TPSA) is 63.3 Å². The molecule has 1 N–H and O–H groups in total. The summed E-state index contributed by atoms with van der Waals surface area (Å²) in [6.07, 6.45) is 0. The third-order valence-electron chi connectivity index (χ3n) is 2.67. The fourth-order valence-corrected chi connectivity index (χ4v) is 3.62. The van der Waals surface area contributed by atoms with Crippen LogP contribution in [0.5, 0.6) is 0 Å². The molecule has 0 saturated heterocycles. The van der Waals surface area contributed by atoms with E-state index in [0.29, 0.717) is 15.8 Å². The lowest BCUT2D eigenvalue weighted by Gasteiger charge is -1.95. The molecule has 0 aliphatic carbocycles. The van der Waals surface area contributed by atoms with Crippen molar-refractivity contribution in [2.24, 2.45) is 0 Å². The number of nitrogens with zero attached hydrogens (tertiary/aromatic N) is 1. The summed E-state index contributed by atoms with van der Waals surface area (Å²) in [4.78, 5) is 16.8. The molecule has 0 atom stereocenters. The molecule has 0 radical (unpaired) electrons. The van der Waals surface area contributed by atoms with Crippen LogP contribution in [-0.4, -0.2) is 16.1 Å². The normalized spacial score (nSPS) is 10.9. The van der Waals surface area contributed by atoms with E-state index in [4.69, 9.17) is 16.0 Å². The molecule has 102 valence electrons. The summed E-state index contributed by atoms with van der Waals surface area (Å²) in [6, 6.07) is 3.68. The minimum Gasteiger partial charge on any atom is -0.476 e. The van der Waals surface area contributed by atoms with E-state index in [1.54, 1.807) is 0 Å². The summed E-state index contributed by atoms with van der Waals surface area (Å²) in [5, 5.41) is 13.5. The first-order valence-corrected chi connectivity index (χ1v) is 7.73. The summed E-state index contributed by atoms with van der Waals surface area (Å²) in [7, 11) is 0. The van der Waals surface area contributed by atoms with Crippen molar-refractivity contribution in [1.29, 1.82) is 0 Å². The van der Waals surface area contributed by atoms with Crippen molar-refractivity contribution in [1.82, 2.24) is 4.98 Å². The Hall–Kier alpha value is -1.63. The second-order valence-electron chi connectivity index (χ2n) is 4.04. The van der Waals surface area contributed by atoms with Crippen molar-refractivity contribution in [2.75, 3.05) is 0 Å². The maximum Gasteiger partial charge on any atom is 0.358 e. The lowest BCUT2D eigenvalue weighted by Crippen LogP contribution is -1.98. The van der Waals surface area contributed by atoms with Gasteiger partial charge in [0, 0.05) is 0 Å². The molecular weight excluding hydrogens is 318 g/mol. The number of oxazole rings is 1. The van der Waals surface area contributed by atoms with Gasteiger partial charge in [0.1, 0.15) is 0 Å². The Morgan fingerprint density at radius 2 is 2.25 bits per heavy atom. The number of carbonyl (C=O) groups is 1. The Morgan fingerprint density at radius 3 is 2.80 bits per heavy atom. The number of aromatic nitrogens is 1. The maximum atomic E-state index is 11.3. The third kappa shape index (κ3) is 2.15. The number of aromatic carboxylic acids is 1. The molecule has 7 heteroatoms. The van der Waals surface area contributed by atoms with E-state index in [0.717, 1.165) is 10.4 Å². The van der Waals surface area contributed by atoms with Gasteiger partial charge in [-0.05, 0) is 29.3 Å². The molecule has 3 heterocycles. The van der Waals surface area contributed by atoms with Crippen LogP contribution in [0.15, 0.2) is 27.3 Å². The quantitative estimate of drug-likeness (QED) is 0.751. The monoisotopic (exact) mass is 325 g/mol. The van der Waals surface area contributed by atoms with E-state index < -0.39 is 5.97 Å². The number of halogens is 1. The molecular formula is C13H8ClNO3S2. The van der Waals surface area contributed by atoms with Crippen molar-refractivity contribution in [3.05, 3.63) is 39.2 Å². The van der Waals surface area contributed by atoms with Crippen molar-refractivity contribution in [3.63, 3.8) is 0 Å². The molecule has 0 amide bonds.